The van der Waals surface area contributed by atoms with E-state index in [1.165, 1.54) is 27.5 Å². The predicted molar refractivity (Wildman–Crippen MR) is 120 cm³/mol. The maximum Gasteiger partial charge on any atom is 0.140 e. The molecule has 0 fully saturated rings. The van der Waals surface area contributed by atoms with Crippen LogP contribution in [0.2, 0.25) is 0 Å². The number of fused-ring (bicyclic) bond motifs is 2. The molecule has 146 valence electrons. The Bertz CT molecular complexity index is 1020. The predicted octanol–water partition coefficient (Wildman–Crippen LogP) is 6.82. The average molecular weight is 374 g/mol. The number of hydrogen-bond donors (Lipinski definition) is 0. The first kappa shape index (κ1) is 19.0. The van der Waals surface area contributed by atoms with Crippen LogP contribution in [0.4, 0.5) is 0 Å². The van der Waals surface area contributed by atoms with Crippen LogP contribution in [0.25, 0.3) is 10.8 Å². The summed E-state index contributed by atoms with van der Waals surface area (Å²) in [4.78, 5) is 5.10. The van der Waals surface area contributed by atoms with Crippen LogP contribution in [0.15, 0.2) is 53.2 Å². The van der Waals surface area contributed by atoms with Gasteiger partial charge in [-0.05, 0) is 47.6 Å². The second kappa shape index (κ2) is 6.92. The van der Waals surface area contributed by atoms with Gasteiger partial charge in [-0.2, -0.15) is 0 Å². The molecule has 2 aliphatic rings. The van der Waals surface area contributed by atoms with Gasteiger partial charge in [0.25, 0.3) is 0 Å². The molecule has 0 aromatic heterocycles. The summed E-state index contributed by atoms with van der Waals surface area (Å²) in [5, 5.41) is 2.66. The molecular formula is C26H31NO. The van der Waals surface area contributed by atoms with E-state index >= 15 is 0 Å². The molecule has 2 aliphatic heterocycles. The Balaban J connectivity index is 2.12. The Morgan fingerprint density at radius 1 is 1.11 bits per heavy atom. The molecule has 0 radical (unpaired) electrons. The van der Waals surface area contributed by atoms with Crippen LogP contribution in [-0.4, -0.2) is 11.8 Å². The van der Waals surface area contributed by atoms with Gasteiger partial charge >= 0.3 is 0 Å². The van der Waals surface area contributed by atoms with Crippen molar-refractivity contribution >= 4 is 16.5 Å². The van der Waals surface area contributed by atoms with Gasteiger partial charge in [0.1, 0.15) is 11.5 Å². The van der Waals surface area contributed by atoms with Crippen LogP contribution in [0.5, 0.6) is 5.75 Å². The minimum atomic E-state index is 0.227. The molecule has 0 N–H and O–H groups in total. The van der Waals surface area contributed by atoms with Crippen molar-refractivity contribution in [3.8, 4) is 5.75 Å². The zero-order valence-electron chi connectivity index (χ0n) is 18.0. The number of benzene rings is 2. The number of rotatable bonds is 3. The first-order chi connectivity index (χ1) is 13.3. The summed E-state index contributed by atoms with van der Waals surface area (Å²) in [6.45, 7) is 17.8. The Labute approximate surface area is 169 Å². The van der Waals surface area contributed by atoms with Crippen molar-refractivity contribution in [3.05, 3.63) is 64.9 Å². The van der Waals surface area contributed by atoms with E-state index < -0.39 is 0 Å². The van der Waals surface area contributed by atoms with Crippen LogP contribution < -0.4 is 4.74 Å². The van der Waals surface area contributed by atoms with Crippen molar-refractivity contribution in [2.24, 2.45) is 16.8 Å². The number of ether oxygens (including phenoxy) is 1. The van der Waals surface area contributed by atoms with Crippen LogP contribution in [0.1, 0.15) is 64.2 Å². The minimum absolute atomic E-state index is 0.227. The molecule has 0 saturated carbocycles. The smallest absolute Gasteiger partial charge is 0.140 e. The van der Waals surface area contributed by atoms with Gasteiger partial charge in [0.15, 0.2) is 0 Å². The van der Waals surface area contributed by atoms with E-state index in [4.69, 9.17) is 9.73 Å². The molecule has 0 spiro atoms. The van der Waals surface area contributed by atoms with Gasteiger partial charge in [-0.1, -0.05) is 65.5 Å². The van der Waals surface area contributed by atoms with Crippen molar-refractivity contribution in [2.75, 3.05) is 0 Å². The van der Waals surface area contributed by atoms with Gasteiger partial charge in [0.2, 0.25) is 0 Å². The number of nitrogens with zero attached hydrogens (tertiary/aromatic N) is 1. The summed E-state index contributed by atoms with van der Waals surface area (Å²) in [6, 6.07) is 9.04. The molecule has 2 aromatic rings. The molecule has 0 bridgehead atoms. The third-order valence-corrected chi connectivity index (χ3v) is 5.95. The van der Waals surface area contributed by atoms with Crippen molar-refractivity contribution in [1.29, 1.82) is 0 Å². The van der Waals surface area contributed by atoms with Crippen LogP contribution in [0, 0.1) is 11.8 Å². The third kappa shape index (κ3) is 2.90. The van der Waals surface area contributed by atoms with Crippen molar-refractivity contribution in [3.63, 3.8) is 0 Å². The van der Waals surface area contributed by atoms with Gasteiger partial charge in [0.05, 0.1) is 11.8 Å². The second-order valence-corrected chi connectivity index (χ2v) is 9.10. The molecule has 2 heteroatoms. The van der Waals surface area contributed by atoms with Crippen molar-refractivity contribution < 1.29 is 4.74 Å². The summed E-state index contributed by atoms with van der Waals surface area (Å²) in [6.07, 6.45) is 3.16. The number of allylic oxidation sites excluding steroid dienone is 2. The number of hydrogen-bond acceptors (Lipinski definition) is 2. The molecule has 2 atom stereocenters. The molecule has 0 amide bonds. The molecule has 0 saturated heterocycles. The molecule has 0 aliphatic carbocycles. The average Bonchev–Trinajstić information content (AvgIpc) is 2.63. The first-order valence-corrected chi connectivity index (χ1v) is 10.5. The fraction of sp³-hybridized carbons (Fsp3) is 0.423. The summed E-state index contributed by atoms with van der Waals surface area (Å²) in [5.74, 6) is 3.17. The Morgan fingerprint density at radius 2 is 1.79 bits per heavy atom. The lowest BCUT2D eigenvalue weighted by atomic mass is 9.77. The normalized spacial score (nSPS) is 22.6. The number of aliphatic imine (C=N–C) groups is 1. The van der Waals surface area contributed by atoms with E-state index in [-0.39, 0.29) is 6.04 Å². The fourth-order valence-corrected chi connectivity index (χ4v) is 4.52. The lowest BCUT2D eigenvalue weighted by Gasteiger charge is -2.36. The lowest BCUT2D eigenvalue weighted by molar-refractivity contribution is 0.417. The Kier molecular flexibility index (Phi) is 4.69. The first-order valence-electron chi connectivity index (χ1n) is 10.5. The summed E-state index contributed by atoms with van der Waals surface area (Å²) < 4.78 is 6.61. The maximum absolute atomic E-state index is 6.61. The molecule has 2 nitrogen and oxygen atoms in total. The SMILES string of the molecule is C=C1C2=NC(C)C(C)c3c2c(c(CC(C)C)c2ccccc32)O/C1=C/C(C)C. The van der Waals surface area contributed by atoms with Gasteiger partial charge in [-0.15, -0.1) is 0 Å². The van der Waals surface area contributed by atoms with E-state index in [0.29, 0.717) is 17.8 Å². The quantitative estimate of drug-likeness (QED) is 0.578. The zero-order valence-corrected chi connectivity index (χ0v) is 18.0. The second-order valence-electron chi connectivity index (χ2n) is 9.10. The van der Waals surface area contributed by atoms with E-state index in [2.05, 4.69) is 78.5 Å². The van der Waals surface area contributed by atoms with Gasteiger partial charge < -0.3 is 4.74 Å². The monoisotopic (exact) mass is 373 g/mol. The largest absolute Gasteiger partial charge is 0.456 e. The zero-order chi connectivity index (χ0) is 20.2. The van der Waals surface area contributed by atoms with E-state index in [1.807, 2.05) is 0 Å². The standard InChI is InChI=1S/C26H31NO/c1-14(2)12-21-19-10-8-9-11-20(19)23-16(5)18(7)27-25-17(6)22(13-15(3)4)28-26(21)24(23)25/h8-11,13-16,18H,6,12H2,1-5,7H3/b22-13+. The molecule has 2 heterocycles. The highest BCUT2D eigenvalue weighted by Gasteiger charge is 2.37. The molecular weight excluding hydrogens is 342 g/mol. The fourth-order valence-electron chi connectivity index (χ4n) is 4.52. The molecule has 2 unspecified atom stereocenters. The highest BCUT2D eigenvalue weighted by atomic mass is 16.5. The van der Waals surface area contributed by atoms with Gasteiger partial charge in [-0.25, -0.2) is 0 Å². The maximum atomic E-state index is 6.61. The van der Waals surface area contributed by atoms with Gasteiger partial charge in [-0.3, -0.25) is 4.99 Å². The van der Waals surface area contributed by atoms with Crippen molar-refractivity contribution in [2.45, 2.75) is 59.9 Å². The van der Waals surface area contributed by atoms with E-state index in [1.54, 1.807) is 0 Å². The molecule has 28 heavy (non-hydrogen) atoms. The van der Waals surface area contributed by atoms with Crippen LogP contribution in [-0.2, 0) is 6.42 Å². The minimum Gasteiger partial charge on any atom is -0.456 e. The van der Waals surface area contributed by atoms with Crippen molar-refractivity contribution in [1.82, 2.24) is 0 Å². The topological polar surface area (TPSA) is 21.6 Å². The van der Waals surface area contributed by atoms with Gasteiger partial charge in [0, 0.05) is 22.6 Å². The van der Waals surface area contributed by atoms with E-state index in [9.17, 15) is 0 Å². The highest BCUT2D eigenvalue weighted by molar-refractivity contribution is 6.21. The highest BCUT2D eigenvalue weighted by Crippen LogP contribution is 2.48. The van der Waals surface area contributed by atoms with Crippen LogP contribution in [0.3, 0.4) is 0 Å². The third-order valence-electron chi connectivity index (χ3n) is 5.95. The summed E-state index contributed by atoms with van der Waals surface area (Å²) >= 11 is 0. The summed E-state index contributed by atoms with van der Waals surface area (Å²) in [5.41, 5.74) is 5.82. The molecule has 4 rings (SSSR count). The Morgan fingerprint density at radius 3 is 2.43 bits per heavy atom. The van der Waals surface area contributed by atoms with E-state index in [0.717, 1.165) is 29.2 Å². The summed E-state index contributed by atoms with van der Waals surface area (Å²) in [7, 11) is 0. The Hall–Kier alpha value is -2.35. The molecule has 2 aromatic carbocycles. The van der Waals surface area contributed by atoms with Crippen LogP contribution >= 0.6 is 0 Å². The lowest BCUT2D eigenvalue weighted by Crippen LogP contribution is -2.29.